The Morgan fingerprint density at radius 3 is 2.86 bits per heavy atom. The molecule has 1 aliphatic heterocycles. The zero-order chi connectivity index (χ0) is 15.0. The highest BCUT2D eigenvalue weighted by molar-refractivity contribution is 6.02. The molecule has 1 N–H and O–H groups in total. The molecule has 5 heteroatoms. The smallest absolute Gasteiger partial charge is 0.316 e. The van der Waals surface area contributed by atoms with Gasteiger partial charge in [0.25, 0.3) is 0 Å². The van der Waals surface area contributed by atoms with Crippen molar-refractivity contribution in [2.45, 2.75) is 18.3 Å². The maximum atomic E-state index is 12.5. The number of benzene rings is 1. The van der Waals surface area contributed by atoms with Crippen molar-refractivity contribution < 1.29 is 23.8 Å². The highest BCUT2D eigenvalue weighted by Crippen LogP contribution is 2.50. The fourth-order valence-corrected chi connectivity index (χ4v) is 2.92. The van der Waals surface area contributed by atoms with Crippen molar-refractivity contribution in [3.63, 3.8) is 0 Å². The van der Waals surface area contributed by atoms with Gasteiger partial charge in [0.2, 0.25) is 0 Å². The highest BCUT2D eigenvalue weighted by atomic mass is 16.5. The first kappa shape index (κ1) is 14.1. The molecule has 3 rings (SSSR count). The van der Waals surface area contributed by atoms with Crippen LogP contribution in [0.15, 0.2) is 18.2 Å². The summed E-state index contributed by atoms with van der Waals surface area (Å²) in [5.41, 5.74) is 0.841. The van der Waals surface area contributed by atoms with Crippen LogP contribution < -0.4 is 4.74 Å². The summed E-state index contributed by atoms with van der Waals surface area (Å²) in [4.78, 5) is 24.4. The van der Waals surface area contributed by atoms with Crippen LogP contribution in [0.5, 0.6) is 5.75 Å². The standard InChI is InChI=1S/C16H18O5/c1-19-8-10-9-21-13-4-3-11(7-12(13)14(10)17)16(5-6-16)15(18)20-2/h3-4,7,10H,5-6,8-9H2,1-2H3/p+1. The number of methoxy groups -OCH3 is 1. The molecule has 0 spiro atoms. The van der Waals surface area contributed by atoms with Crippen LogP contribution in [0, 0.1) is 5.92 Å². The zero-order valence-electron chi connectivity index (χ0n) is 12.2. The third-order valence-electron chi connectivity index (χ3n) is 4.34. The van der Waals surface area contributed by atoms with E-state index in [1.807, 2.05) is 6.07 Å². The lowest BCUT2D eigenvalue weighted by Gasteiger charge is -2.24. The molecule has 1 saturated carbocycles. The van der Waals surface area contributed by atoms with Crippen molar-refractivity contribution in [2.75, 3.05) is 27.4 Å². The Balaban J connectivity index is 1.95. The summed E-state index contributed by atoms with van der Waals surface area (Å²) in [6.45, 7) is 0.829. The van der Waals surface area contributed by atoms with Crippen molar-refractivity contribution in [3.05, 3.63) is 29.3 Å². The van der Waals surface area contributed by atoms with Crippen molar-refractivity contribution in [2.24, 2.45) is 5.92 Å². The minimum Gasteiger partial charge on any atom is -0.492 e. The third kappa shape index (κ3) is 2.21. The number of Topliss-reactive ketones (excluding diaryl/α,β-unsaturated/α-hetero) is 1. The number of ether oxygens (including phenoxy) is 3. The molecular formula is C16H19O5+. The molecule has 1 aromatic carbocycles. The van der Waals surface area contributed by atoms with Crippen LogP contribution in [0.3, 0.4) is 0 Å². The first-order chi connectivity index (χ1) is 10.1. The molecule has 1 unspecified atom stereocenters. The number of hydrogen-bond donors (Lipinski definition) is 0. The third-order valence-corrected chi connectivity index (χ3v) is 4.34. The predicted octanol–water partition coefficient (Wildman–Crippen LogP) is 1.24. The number of hydrogen-bond acceptors (Lipinski definition) is 4. The molecule has 2 aliphatic rings. The summed E-state index contributed by atoms with van der Waals surface area (Å²) >= 11 is 0. The molecule has 1 aromatic rings. The SMILES string of the molecule is COC(=O)C1(c2ccc3c(c2)C(=O)C(C[OH+]C)CO3)CC1. The number of esters is 1. The van der Waals surface area contributed by atoms with Gasteiger partial charge in [-0.15, -0.1) is 0 Å². The van der Waals surface area contributed by atoms with E-state index in [2.05, 4.69) is 4.74 Å². The zero-order valence-corrected chi connectivity index (χ0v) is 12.2. The van der Waals surface area contributed by atoms with E-state index in [1.54, 1.807) is 19.2 Å². The van der Waals surface area contributed by atoms with Gasteiger partial charge >= 0.3 is 5.97 Å². The molecule has 21 heavy (non-hydrogen) atoms. The summed E-state index contributed by atoms with van der Waals surface area (Å²) in [7, 11) is 3.09. The molecule has 1 heterocycles. The Morgan fingerprint density at radius 2 is 2.24 bits per heavy atom. The molecule has 1 aliphatic carbocycles. The summed E-state index contributed by atoms with van der Waals surface area (Å²) in [5, 5.41) is 0. The maximum Gasteiger partial charge on any atom is 0.316 e. The van der Waals surface area contributed by atoms with E-state index in [-0.39, 0.29) is 17.7 Å². The van der Waals surface area contributed by atoms with Crippen LogP contribution in [0.25, 0.3) is 0 Å². The fourth-order valence-electron chi connectivity index (χ4n) is 2.92. The molecule has 1 fully saturated rings. The normalized spacial score (nSPS) is 22.2. The molecule has 1 atom stereocenters. The number of carbonyl (C=O) groups excluding carboxylic acids is 2. The maximum absolute atomic E-state index is 12.5. The van der Waals surface area contributed by atoms with Crippen LogP contribution in [-0.2, 0) is 14.9 Å². The lowest BCUT2D eigenvalue weighted by Crippen LogP contribution is -2.32. The van der Waals surface area contributed by atoms with Gasteiger partial charge in [0.05, 0.1) is 18.1 Å². The number of aliphatic hydroxyl groups is 2. The van der Waals surface area contributed by atoms with Gasteiger partial charge in [-0.2, -0.15) is 0 Å². The van der Waals surface area contributed by atoms with E-state index in [0.29, 0.717) is 24.5 Å². The number of carbonyl (C=O) groups is 2. The van der Waals surface area contributed by atoms with Crippen molar-refractivity contribution >= 4 is 11.8 Å². The molecule has 0 radical (unpaired) electrons. The largest absolute Gasteiger partial charge is 0.492 e. The Hall–Kier alpha value is -1.88. The summed E-state index contributed by atoms with van der Waals surface area (Å²) in [6.07, 6.45) is 1.53. The van der Waals surface area contributed by atoms with E-state index in [9.17, 15) is 9.59 Å². The first-order valence-electron chi connectivity index (χ1n) is 7.08. The van der Waals surface area contributed by atoms with Gasteiger partial charge in [-0.05, 0) is 30.5 Å². The van der Waals surface area contributed by atoms with Crippen molar-refractivity contribution in [1.29, 1.82) is 0 Å². The van der Waals surface area contributed by atoms with Gasteiger partial charge in [-0.25, -0.2) is 0 Å². The van der Waals surface area contributed by atoms with E-state index in [0.717, 1.165) is 18.4 Å². The Bertz CT molecular complexity index is 588. The van der Waals surface area contributed by atoms with Gasteiger partial charge in [0, 0.05) is 0 Å². The van der Waals surface area contributed by atoms with E-state index < -0.39 is 5.41 Å². The van der Waals surface area contributed by atoms with Crippen LogP contribution >= 0.6 is 0 Å². The monoisotopic (exact) mass is 291 g/mol. The van der Waals surface area contributed by atoms with E-state index in [1.165, 1.54) is 7.11 Å². The second-order valence-corrected chi connectivity index (χ2v) is 5.66. The minimum atomic E-state index is -0.563. The van der Waals surface area contributed by atoms with Gasteiger partial charge in [0.1, 0.15) is 25.4 Å². The number of fused-ring (bicyclic) bond motifs is 1. The predicted molar refractivity (Wildman–Crippen MR) is 75.7 cm³/mol. The molecule has 0 bridgehead atoms. The molecule has 5 nitrogen and oxygen atoms in total. The average Bonchev–Trinajstić information content (AvgIpc) is 3.31. The van der Waals surface area contributed by atoms with E-state index >= 15 is 0 Å². The average molecular weight is 291 g/mol. The van der Waals surface area contributed by atoms with Crippen LogP contribution in [0.2, 0.25) is 0 Å². The van der Waals surface area contributed by atoms with Crippen molar-refractivity contribution in [1.82, 2.24) is 0 Å². The van der Waals surface area contributed by atoms with Crippen LogP contribution in [0.1, 0.15) is 28.8 Å². The Kier molecular flexibility index (Phi) is 3.45. The summed E-state index contributed by atoms with van der Waals surface area (Å²) in [6, 6.07) is 5.44. The van der Waals surface area contributed by atoms with Crippen LogP contribution in [-0.4, -0.2) is 43.9 Å². The van der Waals surface area contributed by atoms with Gasteiger partial charge in [-0.1, -0.05) is 6.07 Å². The fraction of sp³-hybridized carbons (Fsp3) is 0.500. The quantitative estimate of drug-likeness (QED) is 0.618. The highest BCUT2D eigenvalue weighted by Gasteiger charge is 2.53. The van der Waals surface area contributed by atoms with Gasteiger partial charge in [-0.3, -0.25) is 9.59 Å². The second-order valence-electron chi connectivity index (χ2n) is 5.66. The molecule has 112 valence electrons. The van der Waals surface area contributed by atoms with Crippen LogP contribution in [0.4, 0.5) is 0 Å². The summed E-state index contributed by atoms with van der Waals surface area (Å²) < 4.78 is 14.6. The van der Waals surface area contributed by atoms with Crippen molar-refractivity contribution in [3.8, 4) is 5.75 Å². The second kappa shape index (κ2) is 5.15. The molecule has 0 amide bonds. The number of rotatable bonds is 4. The Labute approximate surface area is 123 Å². The first-order valence-corrected chi connectivity index (χ1v) is 7.08. The number of ketones is 1. The Morgan fingerprint density at radius 1 is 1.48 bits per heavy atom. The summed E-state index contributed by atoms with van der Waals surface area (Å²) in [5.74, 6) is 0.180. The topological polar surface area (TPSA) is 65.4 Å². The van der Waals surface area contributed by atoms with Gasteiger partial charge in [0.15, 0.2) is 12.4 Å². The lowest BCUT2D eigenvalue weighted by atomic mass is 9.89. The molecule has 0 saturated heterocycles. The van der Waals surface area contributed by atoms with Gasteiger partial charge < -0.3 is 14.2 Å². The minimum absolute atomic E-state index is 0.0457. The van der Waals surface area contributed by atoms with E-state index in [4.69, 9.17) is 9.47 Å². The molecule has 0 aromatic heterocycles. The lowest BCUT2D eigenvalue weighted by molar-refractivity contribution is -0.143. The molecular weight excluding hydrogens is 272 g/mol.